The van der Waals surface area contributed by atoms with Crippen molar-refractivity contribution in [2.45, 2.75) is 38.5 Å². The minimum absolute atomic E-state index is 0.0938. The minimum atomic E-state index is -0.509. The van der Waals surface area contributed by atoms with E-state index in [1.165, 1.54) is 10.8 Å². The molecule has 112 valence electrons. The molecule has 7 heteroatoms. The summed E-state index contributed by atoms with van der Waals surface area (Å²) in [4.78, 5) is 25.4. The third-order valence-electron chi connectivity index (χ3n) is 3.73. The second kappa shape index (κ2) is 6.34. The van der Waals surface area contributed by atoms with E-state index in [0.717, 1.165) is 6.42 Å². The van der Waals surface area contributed by atoms with Gasteiger partial charge in [0.2, 0.25) is 0 Å². The SMILES string of the molecule is Cc1cn([C@H]2C[C@H](CCCO)C(CO)O2)c(=O)[nH]c1=O. The van der Waals surface area contributed by atoms with Crippen LogP contribution in [0.1, 0.15) is 31.1 Å². The number of aryl methyl sites for hydroxylation is 1. The fraction of sp³-hybridized carbons (Fsp3) is 0.692. The molecule has 2 heterocycles. The summed E-state index contributed by atoms with van der Waals surface area (Å²) in [5.74, 6) is 0.0938. The summed E-state index contributed by atoms with van der Waals surface area (Å²) in [6, 6.07) is 0. The van der Waals surface area contributed by atoms with Crippen molar-refractivity contribution in [3.05, 3.63) is 32.6 Å². The van der Waals surface area contributed by atoms with Gasteiger partial charge >= 0.3 is 5.69 Å². The second-order valence-corrected chi connectivity index (χ2v) is 5.15. The van der Waals surface area contributed by atoms with E-state index in [0.29, 0.717) is 18.4 Å². The standard InChI is InChI=1S/C13H20N2O5/c1-8-6-15(13(19)14-12(8)18)11-5-9(3-2-4-16)10(7-17)20-11/h6,9-11,16-17H,2-5,7H2,1H3,(H,14,18,19)/t9-,10?,11+/m0/s1. The fourth-order valence-corrected chi connectivity index (χ4v) is 2.61. The maximum atomic E-state index is 11.8. The van der Waals surface area contributed by atoms with Crippen molar-refractivity contribution < 1.29 is 14.9 Å². The molecule has 0 aliphatic carbocycles. The Morgan fingerprint density at radius 2 is 2.20 bits per heavy atom. The molecule has 1 fully saturated rings. The molecule has 0 amide bonds. The van der Waals surface area contributed by atoms with E-state index in [1.807, 2.05) is 0 Å². The van der Waals surface area contributed by atoms with Crippen molar-refractivity contribution >= 4 is 0 Å². The first-order valence-corrected chi connectivity index (χ1v) is 6.76. The largest absolute Gasteiger partial charge is 0.396 e. The molecule has 1 aliphatic heterocycles. The lowest BCUT2D eigenvalue weighted by Gasteiger charge is -2.15. The monoisotopic (exact) mass is 284 g/mol. The highest BCUT2D eigenvalue weighted by atomic mass is 16.5. The summed E-state index contributed by atoms with van der Waals surface area (Å²) >= 11 is 0. The average Bonchev–Trinajstić information content (AvgIpc) is 2.83. The lowest BCUT2D eigenvalue weighted by atomic mass is 9.96. The number of aliphatic hydroxyl groups is 2. The number of aromatic nitrogens is 2. The zero-order valence-corrected chi connectivity index (χ0v) is 11.4. The van der Waals surface area contributed by atoms with Gasteiger partial charge in [0.15, 0.2) is 0 Å². The van der Waals surface area contributed by atoms with Crippen molar-refractivity contribution in [3.8, 4) is 0 Å². The molecule has 7 nitrogen and oxygen atoms in total. The number of ether oxygens (including phenoxy) is 1. The van der Waals surface area contributed by atoms with Crippen LogP contribution in [0.3, 0.4) is 0 Å². The van der Waals surface area contributed by atoms with Crippen LogP contribution in [0, 0.1) is 12.8 Å². The summed E-state index contributed by atoms with van der Waals surface area (Å²) < 4.78 is 7.05. The smallest absolute Gasteiger partial charge is 0.330 e. The molecule has 20 heavy (non-hydrogen) atoms. The van der Waals surface area contributed by atoms with Crippen LogP contribution in [-0.4, -0.2) is 39.1 Å². The van der Waals surface area contributed by atoms with Crippen LogP contribution >= 0.6 is 0 Å². The Bertz CT molecular complexity index is 565. The van der Waals surface area contributed by atoms with Gasteiger partial charge in [-0.2, -0.15) is 0 Å². The van der Waals surface area contributed by atoms with Gasteiger partial charge in [0.25, 0.3) is 5.56 Å². The highest BCUT2D eigenvalue weighted by Crippen LogP contribution is 2.35. The Hall–Kier alpha value is -1.44. The van der Waals surface area contributed by atoms with Crippen LogP contribution in [0.25, 0.3) is 0 Å². The number of aliphatic hydroxyl groups excluding tert-OH is 2. The van der Waals surface area contributed by atoms with E-state index in [4.69, 9.17) is 9.84 Å². The summed E-state index contributed by atoms with van der Waals surface area (Å²) in [5.41, 5.74) is -0.475. The highest BCUT2D eigenvalue weighted by Gasteiger charge is 2.35. The maximum absolute atomic E-state index is 11.8. The van der Waals surface area contributed by atoms with Crippen LogP contribution in [0.15, 0.2) is 15.8 Å². The predicted molar refractivity (Wildman–Crippen MR) is 71.5 cm³/mol. The fourth-order valence-electron chi connectivity index (χ4n) is 2.61. The van der Waals surface area contributed by atoms with E-state index in [2.05, 4.69) is 4.98 Å². The second-order valence-electron chi connectivity index (χ2n) is 5.15. The van der Waals surface area contributed by atoms with Crippen LogP contribution < -0.4 is 11.2 Å². The topological polar surface area (TPSA) is 105 Å². The molecular weight excluding hydrogens is 264 g/mol. The lowest BCUT2D eigenvalue weighted by molar-refractivity contribution is -0.0335. The molecule has 2 rings (SSSR count). The molecule has 0 radical (unpaired) electrons. The van der Waals surface area contributed by atoms with E-state index in [1.54, 1.807) is 6.92 Å². The average molecular weight is 284 g/mol. The summed E-state index contributed by atoms with van der Waals surface area (Å²) in [6.07, 6.45) is 2.60. The molecule has 0 saturated carbocycles. The first-order chi connectivity index (χ1) is 9.56. The van der Waals surface area contributed by atoms with Gasteiger partial charge in [-0.05, 0) is 32.1 Å². The highest BCUT2D eigenvalue weighted by molar-refractivity contribution is 5.02. The Morgan fingerprint density at radius 3 is 2.85 bits per heavy atom. The number of rotatable bonds is 5. The van der Waals surface area contributed by atoms with E-state index in [9.17, 15) is 14.7 Å². The number of hydrogen-bond donors (Lipinski definition) is 3. The molecule has 0 aromatic carbocycles. The van der Waals surface area contributed by atoms with E-state index >= 15 is 0 Å². The minimum Gasteiger partial charge on any atom is -0.396 e. The van der Waals surface area contributed by atoms with Crippen LogP contribution in [0.5, 0.6) is 0 Å². The van der Waals surface area contributed by atoms with Gasteiger partial charge in [0.1, 0.15) is 6.23 Å². The molecule has 3 atom stereocenters. The van der Waals surface area contributed by atoms with Crippen molar-refractivity contribution in [3.63, 3.8) is 0 Å². The van der Waals surface area contributed by atoms with Gasteiger partial charge in [-0.1, -0.05) is 0 Å². The van der Waals surface area contributed by atoms with Crippen molar-refractivity contribution in [2.75, 3.05) is 13.2 Å². The number of nitrogens with one attached hydrogen (secondary N) is 1. The third kappa shape index (κ3) is 3.00. The van der Waals surface area contributed by atoms with Gasteiger partial charge in [-0.15, -0.1) is 0 Å². The van der Waals surface area contributed by atoms with Gasteiger partial charge in [0, 0.05) is 18.4 Å². The Balaban J connectivity index is 2.20. The molecule has 1 saturated heterocycles. The Kier molecular flexibility index (Phi) is 4.74. The van der Waals surface area contributed by atoms with E-state index in [-0.39, 0.29) is 25.2 Å². The number of hydrogen-bond acceptors (Lipinski definition) is 5. The van der Waals surface area contributed by atoms with Gasteiger partial charge in [0.05, 0.1) is 12.7 Å². The quantitative estimate of drug-likeness (QED) is 0.677. The molecule has 0 bridgehead atoms. The number of aromatic amines is 1. The molecule has 1 aromatic rings. The number of nitrogens with zero attached hydrogens (tertiary/aromatic N) is 1. The maximum Gasteiger partial charge on any atom is 0.330 e. The molecule has 0 spiro atoms. The van der Waals surface area contributed by atoms with Crippen molar-refractivity contribution in [2.24, 2.45) is 5.92 Å². The normalized spacial score (nSPS) is 26.1. The first-order valence-electron chi connectivity index (χ1n) is 6.76. The zero-order valence-electron chi connectivity index (χ0n) is 11.4. The lowest BCUT2D eigenvalue weighted by Crippen LogP contribution is -2.33. The Labute approximate surface area is 115 Å². The van der Waals surface area contributed by atoms with Crippen molar-refractivity contribution in [1.82, 2.24) is 9.55 Å². The first kappa shape index (κ1) is 15.0. The molecule has 3 N–H and O–H groups in total. The van der Waals surface area contributed by atoms with Crippen LogP contribution in [0.4, 0.5) is 0 Å². The Morgan fingerprint density at radius 1 is 1.45 bits per heavy atom. The zero-order chi connectivity index (χ0) is 14.7. The molecule has 1 aromatic heterocycles. The summed E-state index contributed by atoms with van der Waals surface area (Å²) in [6.45, 7) is 1.59. The van der Waals surface area contributed by atoms with Crippen LogP contribution in [0.2, 0.25) is 0 Å². The summed E-state index contributed by atoms with van der Waals surface area (Å²) in [7, 11) is 0. The van der Waals surface area contributed by atoms with Crippen molar-refractivity contribution in [1.29, 1.82) is 0 Å². The van der Waals surface area contributed by atoms with E-state index < -0.39 is 17.5 Å². The molecule has 1 aliphatic rings. The van der Waals surface area contributed by atoms with Gasteiger partial charge in [-0.25, -0.2) is 4.79 Å². The third-order valence-corrected chi connectivity index (χ3v) is 3.73. The molecular formula is C13H20N2O5. The molecule has 1 unspecified atom stereocenters. The number of H-pyrrole nitrogens is 1. The summed E-state index contributed by atoms with van der Waals surface area (Å²) in [5, 5.41) is 18.2. The van der Waals surface area contributed by atoms with Crippen LogP contribution in [-0.2, 0) is 4.74 Å². The van der Waals surface area contributed by atoms with Gasteiger partial charge < -0.3 is 14.9 Å². The van der Waals surface area contributed by atoms with Gasteiger partial charge in [-0.3, -0.25) is 14.3 Å². The predicted octanol–water partition coefficient (Wildman–Crippen LogP) is -0.486.